The van der Waals surface area contributed by atoms with E-state index in [9.17, 15) is 9.59 Å². The van der Waals surface area contributed by atoms with Gasteiger partial charge in [0.05, 0.1) is 11.7 Å². The number of carbonyl (C=O) groups is 2. The Balaban J connectivity index is 0. The number of thioether (sulfide) groups is 1. The first-order valence-electron chi connectivity index (χ1n) is 3.75. The molecule has 0 aromatic heterocycles. The highest BCUT2D eigenvalue weighted by atomic mass is 32.2. The third-order valence-electron chi connectivity index (χ3n) is 1.18. The lowest BCUT2D eigenvalue weighted by atomic mass is 10.3. The third-order valence-corrected chi connectivity index (χ3v) is 2.13. The molecule has 0 radical (unpaired) electrons. The van der Waals surface area contributed by atoms with Gasteiger partial charge >= 0.3 is 5.97 Å². The van der Waals surface area contributed by atoms with Crippen LogP contribution in [0.15, 0.2) is 0 Å². The van der Waals surface area contributed by atoms with Crippen LogP contribution in [0.25, 0.3) is 0 Å². The zero-order valence-corrected chi connectivity index (χ0v) is 9.22. The molecule has 7 heteroatoms. The summed E-state index contributed by atoms with van der Waals surface area (Å²) in [5, 5.41) is 12.8. The van der Waals surface area contributed by atoms with Crippen molar-refractivity contribution < 1.29 is 16.1 Å². The molecule has 0 bridgehead atoms. The van der Waals surface area contributed by atoms with E-state index in [1.807, 2.05) is 0 Å². The maximum atomic E-state index is 10.9. The van der Waals surface area contributed by atoms with Crippen molar-refractivity contribution in [2.45, 2.75) is 11.7 Å². The van der Waals surface area contributed by atoms with Gasteiger partial charge in [0, 0.05) is 7.05 Å². The van der Waals surface area contributed by atoms with Crippen molar-refractivity contribution in [2.24, 2.45) is 0 Å². The zero-order valence-electron chi connectivity index (χ0n) is 8.40. The molecule has 0 saturated heterocycles. The van der Waals surface area contributed by atoms with Crippen molar-refractivity contribution in [1.82, 2.24) is 5.32 Å². The number of carboxylic acids is 1. The molecule has 0 spiro atoms. The predicted octanol–water partition coefficient (Wildman–Crippen LogP) is 0.830. The van der Waals surface area contributed by atoms with E-state index >= 15 is 0 Å². The molecule has 0 fully saturated rings. The average Bonchev–Trinajstić information content (AvgIpc) is 2.14. The molecule has 0 aromatic carbocycles. The van der Waals surface area contributed by atoms with Crippen LogP contribution in [0.1, 0.15) is 6.42 Å². The van der Waals surface area contributed by atoms with Crippen LogP contribution in [-0.4, -0.2) is 35.5 Å². The van der Waals surface area contributed by atoms with Crippen LogP contribution in [0.4, 0.5) is 0 Å². The molecule has 0 aliphatic rings. The van der Waals surface area contributed by atoms with Crippen LogP contribution in [0.5, 0.6) is 0 Å². The minimum absolute atomic E-state index is 0.124. The number of carbonyl (C=O) groups excluding carboxylic acids is 1. The summed E-state index contributed by atoms with van der Waals surface area (Å²) < 4.78 is 5.75. The molecule has 13 heavy (non-hydrogen) atoms. The smallest absolute Gasteiger partial charge is 0.305 e. The Hall–Kier alpha value is -0.610. The lowest BCUT2D eigenvalue weighted by molar-refractivity contribution is -0.138. The fourth-order valence-electron chi connectivity index (χ4n) is 0.603. The normalized spacial score (nSPS) is 11.4. The minimum Gasteiger partial charge on any atom is -0.481 e. The van der Waals surface area contributed by atoms with Gasteiger partial charge in [-0.1, -0.05) is 0 Å². The number of nitrogens with one attached hydrogen (secondary N) is 2. The summed E-state index contributed by atoms with van der Waals surface area (Å²) in [6.45, 7) is 0. The molecule has 0 aliphatic carbocycles. The van der Waals surface area contributed by atoms with Gasteiger partial charge in [-0.25, -0.2) is 0 Å². The summed E-state index contributed by atoms with van der Waals surface area (Å²) in [5.74, 6) is -1.19. The molecule has 0 aliphatic heterocycles. The van der Waals surface area contributed by atoms with Gasteiger partial charge in [0.2, 0.25) is 5.91 Å². The number of hydrogen-bond donors (Lipinski definition) is 3. The van der Waals surface area contributed by atoms with Crippen LogP contribution in [0.2, 0.25) is 1.41 Å². The van der Waals surface area contributed by atoms with E-state index in [-0.39, 0.29) is 12.3 Å². The Morgan fingerprint density at radius 3 is 2.54 bits per heavy atom. The Morgan fingerprint density at radius 1 is 1.85 bits per heavy atom. The zero-order chi connectivity index (χ0) is 11.6. The van der Waals surface area contributed by atoms with Gasteiger partial charge in [-0.05, 0) is 15.3 Å². The fourth-order valence-corrected chi connectivity index (χ4v) is 1.24. The summed E-state index contributed by atoms with van der Waals surface area (Å²) in [7, 11) is 3.97. The van der Waals surface area contributed by atoms with Gasteiger partial charge < -0.3 is 10.4 Å². The number of hydrogen-bond acceptors (Lipinski definition) is 4. The van der Waals surface area contributed by atoms with Crippen molar-refractivity contribution in [1.29, 1.82) is 5.15 Å². The molecular weight excluding hydrogens is 211 g/mol. The Bertz CT molecular complexity index is 206. The maximum Gasteiger partial charge on any atom is 0.305 e. The lowest BCUT2D eigenvalue weighted by Gasteiger charge is -2.08. The van der Waals surface area contributed by atoms with Crippen molar-refractivity contribution >= 4 is 32.7 Å². The number of carboxylic acid groups (broad SMARTS) is 1. The quantitative estimate of drug-likeness (QED) is 0.618. The first-order chi connectivity index (χ1) is 6.53. The molecule has 0 saturated carbocycles. The molecule has 1 atom stereocenters. The van der Waals surface area contributed by atoms with Crippen molar-refractivity contribution in [3.8, 4) is 0 Å². The lowest BCUT2D eigenvalue weighted by Crippen LogP contribution is -2.31. The SMILES string of the molecule is CNC(=O)C(CC(=O)O)SC.[2H]N=P. The average molecular weight is 225 g/mol. The molecular formula is C6H13N2O3PS. The van der Waals surface area contributed by atoms with E-state index in [0.29, 0.717) is 0 Å². The van der Waals surface area contributed by atoms with Crippen molar-refractivity contribution in [2.75, 3.05) is 13.3 Å². The van der Waals surface area contributed by atoms with Crippen molar-refractivity contribution in [3.63, 3.8) is 0 Å². The Labute approximate surface area is 84.8 Å². The first kappa shape index (κ1) is 12.4. The maximum absolute atomic E-state index is 10.9. The van der Waals surface area contributed by atoms with Gasteiger partial charge in [0.1, 0.15) is 0 Å². The summed E-state index contributed by atoms with van der Waals surface area (Å²) in [6.07, 6.45) is 1.59. The highest BCUT2D eigenvalue weighted by Gasteiger charge is 2.18. The molecule has 76 valence electrons. The van der Waals surface area contributed by atoms with E-state index in [1.165, 1.54) is 18.8 Å². The van der Waals surface area contributed by atoms with E-state index in [2.05, 4.69) is 19.5 Å². The second-order valence-electron chi connectivity index (χ2n) is 1.94. The second-order valence-corrected chi connectivity index (χ2v) is 2.98. The van der Waals surface area contributed by atoms with Gasteiger partial charge in [-0.15, -0.1) is 0 Å². The monoisotopic (exact) mass is 225 g/mol. The molecule has 1 amide bonds. The largest absolute Gasteiger partial charge is 0.481 e. The van der Waals surface area contributed by atoms with E-state index in [1.54, 1.807) is 6.26 Å². The first-order valence-corrected chi connectivity index (χ1v) is 5.04. The molecule has 0 heterocycles. The summed E-state index contributed by atoms with van der Waals surface area (Å²) in [5.41, 5.74) is 0. The highest BCUT2D eigenvalue weighted by molar-refractivity contribution is 7.99. The Morgan fingerprint density at radius 2 is 2.31 bits per heavy atom. The molecule has 1 unspecified atom stereocenters. The molecule has 5 nitrogen and oxygen atoms in total. The summed E-state index contributed by atoms with van der Waals surface area (Å²) in [6, 6.07) is 0. The van der Waals surface area contributed by atoms with Crippen LogP contribution in [0, 0.1) is 5.15 Å². The standard InChI is InChI=1S/C6H11NO3S.H2NP/c1-7-6(10)4(11-2)3-5(8)9;1-2/h4H,3H2,1-2H3,(H,7,10)(H,8,9);1-2H/i/hD. The highest BCUT2D eigenvalue weighted by Crippen LogP contribution is 2.10. The van der Waals surface area contributed by atoms with Crippen LogP contribution in [0.3, 0.4) is 0 Å². The van der Waals surface area contributed by atoms with Gasteiger partial charge in [0.25, 0.3) is 0 Å². The van der Waals surface area contributed by atoms with Gasteiger partial charge in [0.15, 0.2) is 1.41 Å². The van der Waals surface area contributed by atoms with Crippen LogP contribution >= 0.6 is 20.8 Å². The van der Waals surface area contributed by atoms with Crippen LogP contribution in [-0.2, 0) is 9.59 Å². The third kappa shape index (κ3) is 7.74. The number of amides is 1. The molecule has 0 rings (SSSR count). The summed E-state index contributed by atoms with van der Waals surface area (Å²) >= 11 is 1.24. The number of aliphatic carboxylic acids is 1. The van der Waals surface area contributed by atoms with E-state index in [4.69, 9.17) is 6.52 Å². The van der Waals surface area contributed by atoms with Gasteiger partial charge in [-0.2, -0.15) is 11.8 Å². The van der Waals surface area contributed by atoms with Crippen molar-refractivity contribution in [3.05, 3.63) is 0 Å². The Kier molecular flexibility index (Phi) is 9.03. The summed E-state index contributed by atoms with van der Waals surface area (Å²) in [4.78, 5) is 21.1. The van der Waals surface area contributed by atoms with E-state index < -0.39 is 11.2 Å². The topological polar surface area (TPSA) is 90.2 Å². The minimum atomic E-state index is -0.951. The van der Waals surface area contributed by atoms with Gasteiger partial charge in [-0.3, -0.25) is 14.7 Å². The predicted molar refractivity (Wildman–Crippen MR) is 54.7 cm³/mol. The molecule has 3 N–H and O–H groups in total. The van der Waals surface area contributed by atoms with Crippen LogP contribution < -0.4 is 5.32 Å². The molecule has 0 aromatic rings. The fraction of sp³-hybridized carbons (Fsp3) is 0.667. The second kappa shape index (κ2) is 9.48. The van der Waals surface area contributed by atoms with E-state index in [0.717, 1.165) is 0 Å². The number of rotatable bonds is 4.